The van der Waals surface area contributed by atoms with Gasteiger partial charge in [-0.3, -0.25) is 9.00 Å². The lowest BCUT2D eigenvalue weighted by Crippen LogP contribution is -2.30. The number of anilines is 1. The van der Waals surface area contributed by atoms with Gasteiger partial charge in [0.15, 0.2) is 6.10 Å². The highest BCUT2D eigenvalue weighted by Crippen LogP contribution is 2.27. The molecule has 144 valence electrons. The van der Waals surface area contributed by atoms with Gasteiger partial charge in [-0.2, -0.15) is 0 Å². The monoisotopic (exact) mass is 409 g/mol. The van der Waals surface area contributed by atoms with Crippen LogP contribution in [0.1, 0.15) is 24.2 Å². The van der Waals surface area contributed by atoms with Crippen LogP contribution >= 0.6 is 11.6 Å². The van der Waals surface area contributed by atoms with E-state index in [1.54, 1.807) is 37.3 Å². The Morgan fingerprint density at radius 1 is 1.22 bits per heavy atom. The molecule has 0 aliphatic rings. The normalized spacial score (nSPS) is 12.7. The Morgan fingerprint density at radius 3 is 2.56 bits per heavy atom. The van der Waals surface area contributed by atoms with Crippen LogP contribution in [-0.4, -0.2) is 35.1 Å². The van der Waals surface area contributed by atoms with Gasteiger partial charge in [-0.15, -0.1) is 0 Å². The lowest BCUT2D eigenvalue weighted by molar-refractivity contribution is -0.123. The van der Waals surface area contributed by atoms with E-state index in [4.69, 9.17) is 21.1 Å². The summed E-state index contributed by atoms with van der Waals surface area (Å²) in [6, 6.07) is 11.3. The van der Waals surface area contributed by atoms with E-state index in [0.717, 1.165) is 0 Å². The summed E-state index contributed by atoms with van der Waals surface area (Å²) in [5.41, 5.74) is 0.631. The number of esters is 1. The zero-order chi connectivity index (χ0) is 20.0. The van der Waals surface area contributed by atoms with Crippen LogP contribution in [0.4, 0.5) is 5.69 Å². The number of benzene rings is 2. The molecular formula is C19H20ClNO5S. The molecule has 0 aromatic heterocycles. The maximum atomic E-state index is 12.4. The summed E-state index contributed by atoms with van der Waals surface area (Å²) in [6.45, 7) is 3.21. The average Bonchev–Trinajstić information content (AvgIpc) is 2.67. The SMILES string of the molecule is CC[S@](=O)c1ccccc1C(=O)O[C@H](C)C(=O)Nc1ccc(OC)c(Cl)c1. The van der Waals surface area contributed by atoms with Crippen molar-refractivity contribution in [3.05, 3.63) is 53.1 Å². The summed E-state index contributed by atoms with van der Waals surface area (Å²) in [5, 5.41) is 2.97. The van der Waals surface area contributed by atoms with Crippen molar-refractivity contribution in [3.8, 4) is 5.75 Å². The van der Waals surface area contributed by atoms with E-state index in [2.05, 4.69) is 5.32 Å². The van der Waals surface area contributed by atoms with Gasteiger partial charge in [0.2, 0.25) is 0 Å². The number of methoxy groups -OCH3 is 1. The van der Waals surface area contributed by atoms with Gasteiger partial charge in [-0.1, -0.05) is 30.7 Å². The number of hydrogen-bond acceptors (Lipinski definition) is 5. The quantitative estimate of drug-likeness (QED) is 0.706. The summed E-state index contributed by atoms with van der Waals surface area (Å²) in [5.74, 6) is -0.366. The van der Waals surface area contributed by atoms with Crippen LogP contribution in [0.3, 0.4) is 0 Å². The van der Waals surface area contributed by atoms with Crippen LogP contribution in [0.2, 0.25) is 5.02 Å². The summed E-state index contributed by atoms with van der Waals surface area (Å²) in [4.78, 5) is 25.1. The third kappa shape index (κ3) is 5.30. The molecular weight excluding hydrogens is 390 g/mol. The van der Waals surface area contributed by atoms with Crippen LogP contribution in [0.5, 0.6) is 5.75 Å². The van der Waals surface area contributed by atoms with Gasteiger partial charge in [0, 0.05) is 11.4 Å². The minimum atomic E-state index is -1.31. The van der Waals surface area contributed by atoms with Crippen LogP contribution < -0.4 is 10.1 Å². The molecule has 0 aliphatic carbocycles. The van der Waals surface area contributed by atoms with E-state index in [1.165, 1.54) is 26.2 Å². The number of halogens is 1. The van der Waals surface area contributed by atoms with Crippen molar-refractivity contribution in [2.24, 2.45) is 0 Å². The topological polar surface area (TPSA) is 81.7 Å². The number of carbonyl (C=O) groups is 2. The highest BCUT2D eigenvalue weighted by atomic mass is 35.5. The van der Waals surface area contributed by atoms with Gasteiger partial charge < -0.3 is 14.8 Å². The second-order valence-electron chi connectivity index (χ2n) is 5.52. The molecule has 0 bridgehead atoms. The molecule has 2 rings (SSSR count). The third-order valence-corrected chi connectivity index (χ3v) is 5.35. The number of amides is 1. The molecule has 2 aromatic rings. The fraction of sp³-hybridized carbons (Fsp3) is 0.263. The maximum Gasteiger partial charge on any atom is 0.340 e. The zero-order valence-electron chi connectivity index (χ0n) is 15.2. The largest absolute Gasteiger partial charge is 0.495 e. The second-order valence-corrected chi connectivity index (χ2v) is 7.63. The fourth-order valence-electron chi connectivity index (χ4n) is 2.25. The first-order valence-electron chi connectivity index (χ1n) is 8.20. The van der Waals surface area contributed by atoms with Gasteiger partial charge in [-0.05, 0) is 37.3 Å². The number of carbonyl (C=O) groups excluding carboxylic acids is 2. The van der Waals surface area contributed by atoms with E-state index in [1.807, 2.05) is 0 Å². The van der Waals surface area contributed by atoms with Crippen molar-refractivity contribution in [3.63, 3.8) is 0 Å². The van der Waals surface area contributed by atoms with E-state index in [-0.39, 0.29) is 5.56 Å². The molecule has 0 saturated heterocycles. The minimum Gasteiger partial charge on any atom is -0.495 e. The Morgan fingerprint density at radius 2 is 1.93 bits per heavy atom. The van der Waals surface area contributed by atoms with Crippen molar-refractivity contribution >= 4 is 40.0 Å². The van der Waals surface area contributed by atoms with Crippen molar-refractivity contribution in [1.29, 1.82) is 0 Å². The van der Waals surface area contributed by atoms with Crippen LogP contribution in [-0.2, 0) is 20.3 Å². The summed E-state index contributed by atoms with van der Waals surface area (Å²) >= 11 is 6.03. The molecule has 1 amide bonds. The number of nitrogens with one attached hydrogen (secondary N) is 1. The maximum absolute atomic E-state index is 12.4. The van der Waals surface area contributed by atoms with Gasteiger partial charge >= 0.3 is 5.97 Å². The van der Waals surface area contributed by atoms with Crippen molar-refractivity contribution < 1.29 is 23.3 Å². The molecule has 8 heteroatoms. The Kier molecular flexibility index (Phi) is 7.38. The highest BCUT2D eigenvalue weighted by molar-refractivity contribution is 7.85. The predicted molar refractivity (Wildman–Crippen MR) is 105 cm³/mol. The van der Waals surface area contributed by atoms with Gasteiger partial charge in [0.25, 0.3) is 5.91 Å². The molecule has 0 aliphatic heterocycles. The van der Waals surface area contributed by atoms with Gasteiger partial charge in [-0.25, -0.2) is 4.79 Å². The first-order valence-corrected chi connectivity index (χ1v) is 9.89. The van der Waals surface area contributed by atoms with E-state index < -0.39 is 28.8 Å². The molecule has 0 fully saturated rings. The highest BCUT2D eigenvalue weighted by Gasteiger charge is 2.22. The average molecular weight is 410 g/mol. The Balaban J connectivity index is 2.07. The van der Waals surface area contributed by atoms with E-state index in [0.29, 0.717) is 27.1 Å². The van der Waals surface area contributed by atoms with E-state index in [9.17, 15) is 13.8 Å². The summed E-state index contributed by atoms with van der Waals surface area (Å²) in [7, 11) is 0.177. The summed E-state index contributed by atoms with van der Waals surface area (Å²) in [6.07, 6.45) is -1.05. The van der Waals surface area contributed by atoms with Crippen LogP contribution in [0.15, 0.2) is 47.4 Å². The summed E-state index contributed by atoms with van der Waals surface area (Å²) < 4.78 is 22.4. The molecule has 0 heterocycles. The molecule has 0 unspecified atom stereocenters. The first kappa shape index (κ1) is 20.9. The molecule has 0 radical (unpaired) electrons. The molecule has 0 saturated carbocycles. The van der Waals surface area contributed by atoms with Crippen molar-refractivity contribution in [1.82, 2.24) is 0 Å². The molecule has 2 aromatic carbocycles. The van der Waals surface area contributed by atoms with E-state index >= 15 is 0 Å². The number of rotatable bonds is 7. The smallest absolute Gasteiger partial charge is 0.340 e. The third-order valence-electron chi connectivity index (χ3n) is 3.69. The standard InChI is InChI=1S/C19H20ClNO5S/c1-4-27(24)17-8-6-5-7-14(17)19(23)26-12(2)18(22)21-13-9-10-16(25-3)15(20)11-13/h5-12H,4H2,1-3H3,(H,21,22)/t12-,27+/m1/s1. The van der Waals surface area contributed by atoms with Gasteiger partial charge in [0.1, 0.15) is 5.75 Å². The molecule has 2 atom stereocenters. The fourth-order valence-corrected chi connectivity index (χ4v) is 3.45. The first-order chi connectivity index (χ1) is 12.9. The van der Waals surface area contributed by atoms with Gasteiger partial charge in [0.05, 0.1) is 33.4 Å². The molecule has 27 heavy (non-hydrogen) atoms. The number of hydrogen-bond donors (Lipinski definition) is 1. The zero-order valence-corrected chi connectivity index (χ0v) is 16.7. The Hall–Kier alpha value is -2.38. The minimum absolute atomic E-state index is 0.185. The number of ether oxygens (including phenoxy) is 2. The Bertz CT molecular complexity index is 871. The molecule has 6 nitrogen and oxygen atoms in total. The lowest BCUT2D eigenvalue weighted by atomic mass is 10.2. The molecule has 0 spiro atoms. The van der Waals surface area contributed by atoms with Crippen LogP contribution in [0.25, 0.3) is 0 Å². The van der Waals surface area contributed by atoms with Crippen molar-refractivity contribution in [2.75, 3.05) is 18.2 Å². The molecule has 1 N–H and O–H groups in total. The second kappa shape index (κ2) is 9.53. The lowest BCUT2D eigenvalue weighted by Gasteiger charge is -2.15. The van der Waals surface area contributed by atoms with Crippen LogP contribution in [0, 0.1) is 0 Å². The van der Waals surface area contributed by atoms with Crippen molar-refractivity contribution in [2.45, 2.75) is 24.8 Å². The Labute approximate surface area is 165 Å². The predicted octanol–water partition coefficient (Wildman–Crippen LogP) is 3.66.